The Balaban J connectivity index is 1.57. The Morgan fingerprint density at radius 3 is 2.15 bits per heavy atom. The molecule has 39 heavy (non-hydrogen) atoms. The van der Waals surface area contributed by atoms with Crippen molar-refractivity contribution in [1.82, 2.24) is 10.6 Å². The van der Waals surface area contributed by atoms with Gasteiger partial charge in [0.15, 0.2) is 0 Å². The second-order valence-electron chi connectivity index (χ2n) is 8.35. The first-order valence-electron chi connectivity index (χ1n) is 12.0. The molecule has 0 bridgehead atoms. The minimum atomic E-state index is -5.12. The fourth-order valence-corrected chi connectivity index (χ4v) is 3.85. The fourth-order valence-electron chi connectivity index (χ4n) is 3.34. The summed E-state index contributed by atoms with van der Waals surface area (Å²) in [6, 6.07) is 22.5. The number of alkyl halides is 2. The van der Waals surface area contributed by atoms with E-state index in [4.69, 9.17) is 9.47 Å². The Morgan fingerprint density at radius 1 is 0.872 bits per heavy atom. The van der Waals surface area contributed by atoms with Gasteiger partial charge < -0.3 is 29.5 Å². The van der Waals surface area contributed by atoms with Crippen LogP contribution in [0, 0.1) is 0 Å². The standard InChI is InChI=1S/C27H29F2N2O7P/c28-26(29)39(34,35)38-23-14-12-20(13-15-23)18-24(31-27(33)37-19-21-8-3-1-4-9-21)25(32)30-16-7-17-36-22-10-5-2-6-11-22/h1-6,8-15,24,26H,7,16-19H2,(H,30,32)(H,31,33)(H,34,35)/t24-/m0/s1. The molecule has 0 heterocycles. The topological polar surface area (TPSA) is 123 Å². The average Bonchev–Trinajstić information content (AvgIpc) is 2.93. The van der Waals surface area contributed by atoms with Gasteiger partial charge in [0.25, 0.3) is 0 Å². The Kier molecular flexibility index (Phi) is 11.3. The van der Waals surface area contributed by atoms with Crippen molar-refractivity contribution in [3.05, 3.63) is 96.1 Å². The third-order valence-electron chi connectivity index (χ3n) is 5.30. The van der Waals surface area contributed by atoms with Crippen molar-refractivity contribution >= 4 is 19.6 Å². The number of halogens is 2. The highest BCUT2D eigenvalue weighted by molar-refractivity contribution is 7.53. The van der Waals surface area contributed by atoms with E-state index in [0.717, 1.165) is 5.56 Å². The number of para-hydroxylation sites is 1. The van der Waals surface area contributed by atoms with Gasteiger partial charge in [-0.3, -0.25) is 4.79 Å². The van der Waals surface area contributed by atoms with Crippen molar-refractivity contribution in [3.8, 4) is 11.5 Å². The number of amides is 2. The molecule has 3 aromatic rings. The molecule has 3 aromatic carbocycles. The van der Waals surface area contributed by atoms with Gasteiger partial charge in [-0.05, 0) is 41.8 Å². The van der Waals surface area contributed by atoms with E-state index in [1.807, 2.05) is 36.4 Å². The maximum atomic E-state index is 12.9. The van der Waals surface area contributed by atoms with Gasteiger partial charge in [-0.2, -0.15) is 8.78 Å². The zero-order chi connectivity index (χ0) is 28.1. The molecule has 3 rings (SSSR count). The maximum Gasteiger partial charge on any atom is 0.442 e. The summed E-state index contributed by atoms with van der Waals surface area (Å²) >= 11 is 0. The van der Waals surface area contributed by atoms with E-state index >= 15 is 0 Å². The molecule has 0 radical (unpaired) electrons. The highest BCUT2D eigenvalue weighted by Gasteiger charge is 2.34. The summed E-state index contributed by atoms with van der Waals surface area (Å²) in [4.78, 5) is 34.6. The van der Waals surface area contributed by atoms with Crippen LogP contribution in [0.2, 0.25) is 0 Å². The number of carbonyl (C=O) groups excluding carboxylic acids is 2. The fraction of sp³-hybridized carbons (Fsp3) is 0.259. The molecule has 12 heteroatoms. The predicted molar refractivity (Wildman–Crippen MR) is 140 cm³/mol. The highest BCUT2D eigenvalue weighted by atomic mass is 31.2. The summed E-state index contributed by atoms with van der Waals surface area (Å²) in [5.74, 6) is 0.00634. The lowest BCUT2D eigenvalue weighted by Crippen LogP contribution is -2.48. The van der Waals surface area contributed by atoms with Crippen LogP contribution in [0.15, 0.2) is 84.9 Å². The van der Waals surface area contributed by atoms with Gasteiger partial charge in [-0.1, -0.05) is 60.7 Å². The van der Waals surface area contributed by atoms with E-state index < -0.39 is 31.8 Å². The van der Waals surface area contributed by atoms with Crippen LogP contribution in [-0.4, -0.2) is 42.3 Å². The molecule has 0 fully saturated rings. The largest absolute Gasteiger partial charge is 0.494 e. The molecule has 208 valence electrons. The summed E-state index contributed by atoms with van der Waals surface area (Å²) in [7, 11) is -5.12. The van der Waals surface area contributed by atoms with Crippen molar-refractivity contribution in [2.45, 2.75) is 31.7 Å². The van der Waals surface area contributed by atoms with Gasteiger partial charge in [0, 0.05) is 13.0 Å². The average molecular weight is 563 g/mol. The zero-order valence-corrected chi connectivity index (χ0v) is 21.8. The SMILES string of the molecule is O=C(N[C@@H](Cc1ccc(OP(=O)(O)C(F)F)cc1)C(=O)NCCCOc1ccccc1)OCc1ccccc1. The molecule has 0 aliphatic rings. The highest BCUT2D eigenvalue weighted by Crippen LogP contribution is 2.48. The van der Waals surface area contributed by atoms with Crippen LogP contribution in [0.1, 0.15) is 17.5 Å². The van der Waals surface area contributed by atoms with Gasteiger partial charge in [-0.25, -0.2) is 9.36 Å². The number of ether oxygens (including phenoxy) is 2. The summed E-state index contributed by atoms with van der Waals surface area (Å²) in [5.41, 5.74) is 1.30. The number of benzene rings is 3. The number of alkyl carbamates (subject to hydrolysis) is 1. The molecule has 0 saturated carbocycles. The van der Waals surface area contributed by atoms with Crippen molar-refractivity contribution in [2.24, 2.45) is 0 Å². The van der Waals surface area contributed by atoms with Gasteiger partial charge >= 0.3 is 19.9 Å². The number of carbonyl (C=O) groups is 2. The van der Waals surface area contributed by atoms with E-state index in [1.165, 1.54) is 24.3 Å². The predicted octanol–water partition coefficient (Wildman–Crippen LogP) is 4.90. The van der Waals surface area contributed by atoms with Crippen molar-refractivity contribution in [1.29, 1.82) is 0 Å². The zero-order valence-electron chi connectivity index (χ0n) is 20.9. The third-order valence-corrected chi connectivity index (χ3v) is 6.27. The third kappa shape index (κ3) is 10.4. The molecule has 0 spiro atoms. The number of hydrogen-bond donors (Lipinski definition) is 3. The van der Waals surface area contributed by atoms with Gasteiger partial charge in [0.05, 0.1) is 6.61 Å². The first-order valence-corrected chi connectivity index (χ1v) is 13.7. The van der Waals surface area contributed by atoms with Gasteiger partial charge in [0.2, 0.25) is 5.91 Å². The quantitative estimate of drug-likeness (QED) is 0.189. The molecule has 2 atom stereocenters. The molecule has 1 unspecified atom stereocenters. The monoisotopic (exact) mass is 562 g/mol. The van der Waals surface area contributed by atoms with Crippen molar-refractivity contribution < 1.29 is 41.8 Å². The number of rotatable bonds is 14. The molecule has 0 aliphatic heterocycles. The van der Waals surface area contributed by atoms with Crippen molar-refractivity contribution in [3.63, 3.8) is 0 Å². The second-order valence-corrected chi connectivity index (χ2v) is 10.0. The maximum absolute atomic E-state index is 12.9. The molecule has 0 aromatic heterocycles. The van der Waals surface area contributed by atoms with E-state index in [0.29, 0.717) is 24.3 Å². The van der Waals surface area contributed by atoms with E-state index in [-0.39, 0.29) is 25.3 Å². The lowest BCUT2D eigenvalue weighted by atomic mass is 10.1. The Morgan fingerprint density at radius 2 is 1.51 bits per heavy atom. The first-order chi connectivity index (χ1) is 18.7. The van der Waals surface area contributed by atoms with Crippen LogP contribution in [0.25, 0.3) is 0 Å². The number of hydrogen-bond acceptors (Lipinski definition) is 6. The minimum Gasteiger partial charge on any atom is -0.494 e. The molecule has 9 nitrogen and oxygen atoms in total. The molecular formula is C27H29F2N2O7P. The Hall–Kier alpha value is -3.95. The van der Waals surface area contributed by atoms with Crippen LogP contribution < -0.4 is 19.9 Å². The lowest BCUT2D eigenvalue weighted by molar-refractivity contribution is -0.123. The molecule has 3 N–H and O–H groups in total. The van der Waals surface area contributed by atoms with Crippen LogP contribution in [0.5, 0.6) is 11.5 Å². The summed E-state index contributed by atoms with van der Waals surface area (Å²) in [5, 5.41) is 5.31. The van der Waals surface area contributed by atoms with Crippen LogP contribution in [0.3, 0.4) is 0 Å². The molecule has 2 amide bonds. The lowest BCUT2D eigenvalue weighted by Gasteiger charge is -2.19. The normalized spacial score (nSPS) is 13.1. The Labute approximate surface area is 224 Å². The molecule has 0 aliphatic carbocycles. The summed E-state index contributed by atoms with van der Waals surface area (Å²) < 4.78 is 52.0. The molecular weight excluding hydrogens is 533 g/mol. The Bertz CT molecular complexity index is 1230. The van der Waals surface area contributed by atoms with Crippen molar-refractivity contribution in [2.75, 3.05) is 13.2 Å². The van der Waals surface area contributed by atoms with Crippen LogP contribution >= 0.6 is 7.60 Å². The van der Waals surface area contributed by atoms with Crippen LogP contribution in [-0.2, 0) is 27.1 Å². The number of nitrogens with one attached hydrogen (secondary N) is 2. The summed E-state index contributed by atoms with van der Waals surface area (Å²) in [6.45, 7) is 0.667. The smallest absolute Gasteiger partial charge is 0.442 e. The second kappa shape index (κ2) is 14.8. The first kappa shape index (κ1) is 29.6. The molecule has 0 saturated heterocycles. The van der Waals surface area contributed by atoms with Crippen LogP contribution in [0.4, 0.5) is 13.6 Å². The van der Waals surface area contributed by atoms with E-state index in [2.05, 4.69) is 15.2 Å². The van der Waals surface area contributed by atoms with E-state index in [9.17, 15) is 27.8 Å². The minimum absolute atomic E-state index is 0.00915. The van der Waals surface area contributed by atoms with E-state index in [1.54, 1.807) is 24.3 Å². The summed E-state index contributed by atoms with van der Waals surface area (Å²) in [6.07, 6.45) is -3.80. The van der Waals surface area contributed by atoms with Gasteiger partial charge in [-0.15, -0.1) is 0 Å². The van der Waals surface area contributed by atoms with Gasteiger partial charge in [0.1, 0.15) is 24.1 Å².